The van der Waals surface area contributed by atoms with Gasteiger partial charge in [-0.3, -0.25) is 9.20 Å². The molecule has 0 radical (unpaired) electrons. The second-order valence-corrected chi connectivity index (χ2v) is 12.5. The zero-order valence-electron chi connectivity index (χ0n) is 18.5. The molecule has 1 aromatic carbocycles. The van der Waals surface area contributed by atoms with Gasteiger partial charge in [-0.15, -0.1) is 0 Å². The van der Waals surface area contributed by atoms with Crippen molar-refractivity contribution in [2.45, 2.75) is 35.6 Å². The molecule has 2 aromatic heterocycles. The van der Waals surface area contributed by atoms with Gasteiger partial charge in [-0.1, -0.05) is 33.8 Å². The number of halogens is 1. The Kier molecular flexibility index (Phi) is 6.83. The number of sulfonamides is 1. The van der Waals surface area contributed by atoms with E-state index in [-0.39, 0.29) is 5.91 Å². The van der Waals surface area contributed by atoms with Crippen LogP contribution in [-0.4, -0.2) is 47.6 Å². The standard InChI is InChI=1S/C24H25BrN4O3S2/c25-18-6-8-20(9-7-18)34(31,32)28-13-10-17(11-14-28)3-2-12-26-24(30)21-15-19-16-27-22-4-1-5-23(33-21)29(19)22/h1,4-9,15-17H,2-3,10-14H2,(H,26,30). The van der Waals surface area contributed by atoms with Gasteiger partial charge in [0.1, 0.15) is 5.65 Å². The van der Waals surface area contributed by atoms with Crippen LogP contribution in [0.2, 0.25) is 0 Å². The van der Waals surface area contributed by atoms with Gasteiger partial charge in [-0.25, -0.2) is 13.4 Å². The highest BCUT2D eigenvalue weighted by Gasteiger charge is 2.29. The number of pyridine rings is 1. The molecule has 2 aliphatic heterocycles. The van der Waals surface area contributed by atoms with E-state index in [1.807, 2.05) is 28.7 Å². The van der Waals surface area contributed by atoms with Crippen LogP contribution in [0.4, 0.5) is 0 Å². The zero-order chi connectivity index (χ0) is 23.7. The third kappa shape index (κ3) is 4.82. The average Bonchev–Trinajstić information content (AvgIpc) is 3.27. The fourth-order valence-electron chi connectivity index (χ4n) is 4.47. The predicted octanol–water partition coefficient (Wildman–Crippen LogP) is 4.54. The van der Waals surface area contributed by atoms with Gasteiger partial charge in [-0.05, 0) is 74.1 Å². The molecule has 4 heterocycles. The van der Waals surface area contributed by atoms with Crippen LogP contribution in [-0.2, 0) is 14.8 Å². The number of benzene rings is 1. The van der Waals surface area contributed by atoms with Crippen molar-refractivity contribution in [1.29, 1.82) is 0 Å². The monoisotopic (exact) mass is 560 g/mol. The van der Waals surface area contributed by atoms with E-state index in [1.54, 1.807) is 34.8 Å². The van der Waals surface area contributed by atoms with Crippen LogP contribution in [0.25, 0.3) is 11.7 Å². The lowest BCUT2D eigenvalue weighted by atomic mass is 9.93. The molecular formula is C24H25BrN4O3S2. The Hall–Kier alpha value is -2.14. The molecule has 178 valence electrons. The van der Waals surface area contributed by atoms with Crippen molar-refractivity contribution in [2.75, 3.05) is 19.6 Å². The van der Waals surface area contributed by atoms with Crippen molar-refractivity contribution in [3.05, 3.63) is 63.7 Å². The quantitative estimate of drug-likeness (QED) is 0.429. The van der Waals surface area contributed by atoms with E-state index in [0.717, 1.165) is 46.5 Å². The van der Waals surface area contributed by atoms with Crippen LogP contribution in [0.3, 0.4) is 0 Å². The molecule has 34 heavy (non-hydrogen) atoms. The second-order valence-electron chi connectivity index (χ2n) is 8.55. The third-order valence-corrected chi connectivity index (χ3v) is 9.83. The molecule has 0 saturated carbocycles. The van der Waals surface area contributed by atoms with Gasteiger partial charge in [0.2, 0.25) is 10.0 Å². The van der Waals surface area contributed by atoms with Crippen molar-refractivity contribution in [2.24, 2.45) is 5.92 Å². The number of thioether (sulfide) groups is 1. The van der Waals surface area contributed by atoms with Crippen molar-refractivity contribution < 1.29 is 13.2 Å². The van der Waals surface area contributed by atoms with E-state index in [2.05, 4.69) is 26.2 Å². The van der Waals surface area contributed by atoms with Gasteiger partial charge in [0.25, 0.3) is 5.91 Å². The Labute approximate surface area is 211 Å². The number of rotatable bonds is 7. The molecule has 5 rings (SSSR count). The first kappa shape index (κ1) is 23.6. The summed E-state index contributed by atoms with van der Waals surface area (Å²) < 4.78 is 30.2. The molecule has 1 fully saturated rings. The van der Waals surface area contributed by atoms with Crippen LogP contribution >= 0.6 is 27.7 Å². The summed E-state index contributed by atoms with van der Waals surface area (Å²) in [4.78, 5) is 18.1. The molecule has 0 bridgehead atoms. The van der Waals surface area contributed by atoms with E-state index in [0.29, 0.717) is 35.4 Å². The average molecular weight is 562 g/mol. The van der Waals surface area contributed by atoms with Crippen LogP contribution in [0.15, 0.2) is 68.0 Å². The second kappa shape index (κ2) is 9.85. The maximum atomic E-state index is 12.9. The summed E-state index contributed by atoms with van der Waals surface area (Å²) in [5, 5.41) is 4.03. The molecule has 0 atom stereocenters. The molecule has 2 aliphatic rings. The third-order valence-electron chi connectivity index (χ3n) is 6.34. The topological polar surface area (TPSA) is 83.8 Å². The fourth-order valence-corrected chi connectivity index (χ4v) is 7.21. The summed E-state index contributed by atoms with van der Waals surface area (Å²) in [7, 11) is -3.44. The summed E-state index contributed by atoms with van der Waals surface area (Å²) in [5.74, 6) is 0.411. The highest BCUT2D eigenvalue weighted by atomic mass is 79.9. The van der Waals surface area contributed by atoms with Gasteiger partial charge in [0, 0.05) is 24.1 Å². The molecule has 7 nitrogen and oxygen atoms in total. The molecule has 1 N–H and O–H groups in total. The summed E-state index contributed by atoms with van der Waals surface area (Å²) in [5.41, 5.74) is 1.80. The Balaban J connectivity index is 1.07. The van der Waals surface area contributed by atoms with Crippen molar-refractivity contribution >= 4 is 55.3 Å². The van der Waals surface area contributed by atoms with Gasteiger partial charge >= 0.3 is 0 Å². The minimum atomic E-state index is -3.44. The smallest absolute Gasteiger partial charge is 0.258 e. The van der Waals surface area contributed by atoms with Crippen LogP contribution in [0, 0.1) is 5.92 Å². The van der Waals surface area contributed by atoms with Crippen molar-refractivity contribution in [1.82, 2.24) is 19.0 Å². The molecule has 1 saturated heterocycles. The first-order valence-corrected chi connectivity index (χ1v) is 14.4. The lowest BCUT2D eigenvalue weighted by Gasteiger charge is -2.31. The van der Waals surface area contributed by atoms with Crippen LogP contribution in [0.5, 0.6) is 0 Å². The molecular weight excluding hydrogens is 536 g/mol. The lowest BCUT2D eigenvalue weighted by Crippen LogP contribution is -2.38. The number of hydrogen-bond donors (Lipinski definition) is 1. The summed E-state index contributed by atoms with van der Waals surface area (Å²) >= 11 is 4.80. The van der Waals surface area contributed by atoms with Gasteiger partial charge in [0.05, 0.1) is 26.7 Å². The molecule has 3 aromatic rings. The van der Waals surface area contributed by atoms with E-state index in [1.165, 1.54) is 11.8 Å². The van der Waals surface area contributed by atoms with Crippen molar-refractivity contribution in [3.8, 4) is 0 Å². The van der Waals surface area contributed by atoms with E-state index in [4.69, 9.17) is 0 Å². The van der Waals surface area contributed by atoms with E-state index >= 15 is 0 Å². The highest BCUT2D eigenvalue weighted by molar-refractivity contribution is 9.10. The molecule has 10 heteroatoms. The van der Waals surface area contributed by atoms with Gasteiger partial charge in [0.15, 0.2) is 0 Å². The number of amides is 1. The van der Waals surface area contributed by atoms with Crippen LogP contribution < -0.4 is 5.32 Å². The van der Waals surface area contributed by atoms with Crippen molar-refractivity contribution in [3.63, 3.8) is 0 Å². The Bertz CT molecular complexity index is 1340. The maximum Gasteiger partial charge on any atom is 0.258 e. The Morgan fingerprint density at radius 1 is 1.15 bits per heavy atom. The van der Waals surface area contributed by atoms with E-state index in [9.17, 15) is 13.2 Å². The zero-order valence-corrected chi connectivity index (χ0v) is 21.7. The Morgan fingerprint density at radius 3 is 2.68 bits per heavy atom. The molecule has 0 aliphatic carbocycles. The first-order valence-electron chi connectivity index (χ1n) is 11.3. The normalized spacial score (nSPS) is 17.0. The number of hydrogen-bond acceptors (Lipinski definition) is 5. The largest absolute Gasteiger partial charge is 0.352 e. The number of aromatic nitrogens is 2. The highest BCUT2D eigenvalue weighted by Crippen LogP contribution is 2.34. The maximum absolute atomic E-state index is 12.9. The number of piperidine rings is 1. The fraction of sp³-hybridized carbons (Fsp3) is 0.333. The predicted molar refractivity (Wildman–Crippen MR) is 137 cm³/mol. The van der Waals surface area contributed by atoms with Gasteiger partial charge < -0.3 is 5.32 Å². The van der Waals surface area contributed by atoms with E-state index < -0.39 is 10.0 Å². The number of nitrogens with one attached hydrogen (secondary N) is 1. The number of imidazole rings is 1. The minimum absolute atomic E-state index is 0.0649. The SMILES string of the molecule is O=C(NCCCC1CCN(S(=O)(=O)c2ccc(Br)cc2)CC1)C1=Cc2cnc3cccc(n23)S1. The number of carbonyl (C=O) groups excluding carboxylic acids is 1. The number of nitrogens with zero attached hydrogens (tertiary/aromatic N) is 3. The molecule has 0 spiro atoms. The van der Waals surface area contributed by atoms with Gasteiger partial charge in [-0.2, -0.15) is 4.31 Å². The lowest BCUT2D eigenvalue weighted by molar-refractivity contribution is -0.116. The minimum Gasteiger partial charge on any atom is -0.352 e. The summed E-state index contributed by atoms with van der Waals surface area (Å²) in [6, 6.07) is 12.7. The summed E-state index contributed by atoms with van der Waals surface area (Å²) in [6.45, 7) is 1.69. The molecule has 1 amide bonds. The first-order chi connectivity index (χ1) is 16.4. The summed E-state index contributed by atoms with van der Waals surface area (Å²) in [6.07, 6.45) is 7.22. The number of carbonyl (C=O) groups is 1. The Morgan fingerprint density at radius 2 is 1.91 bits per heavy atom. The molecule has 0 unspecified atom stereocenters. The van der Waals surface area contributed by atoms with Crippen LogP contribution in [0.1, 0.15) is 31.4 Å².